The molecule has 2 N–H and O–H groups in total. The molecular formula is C37H44N2O2S. The van der Waals surface area contributed by atoms with Gasteiger partial charge in [-0.1, -0.05) is 130 Å². The molecule has 6 atom stereocenters. The summed E-state index contributed by atoms with van der Waals surface area (Å²) in [5.74, 6) is 3.02. The maximum atomic E-state index is 13.8. The molecule has 0 saturated heterocycles. The van der Waals surface area contributed by atoms with Gasteiger partial charge in [0.1, 0.15) is 0 Å². The van der Waals surface area contributed by atoms with E-state index in [4.69, 9.17) is 0 Å². The van der Waals surface area contributed by atoms with Crippen LogP contribution >= 0.6 is 0 Å². The molecule has 220 valence electrons. The molecule has 0 aliphatic heterocycles. The number of rotatable bonds is 10. The maximum absolute atomic E-state index is 13.8. The van der Waals surface area contributed by atoms with Crippen molar-refractivity contribution >= 4 is 10.0 Å². The molecule has 0 heterocycles. The Balaban J connectivity index is 1.52. The van der Waals surface area contributed by atoms with Crippen molar-refractivity contribution in [2.45, 2.75) is 64.1 Å². The minimum atomic E-state index is -3.80. The third kappa shape index (κ3) is 6.39. The monoisotopic (exact) mass is 580 g/mol. The van der Waals surface area contributed by atoms with Crippen LogP contribution in [-0.4, -0.2) is 8.42 Å². The first-order valence-corrected chi connectivity index (χ1v) is 16.7. The lowest BCUT2D eigenvalue weighted by molar-refractivity contribution is 0.352. The van der Waals surface area contributed by atoms with Gasteiger partial charge in [-0.05, 0) is 70.9 Å². The Bertz CT molecular complexity index is 1540. The van der Waals surface area contributed by atoms with Crippen molar-refractivity contribution in [3.8, 4) is 0 Å². The minimum absolute atomic E-state index is 0.263. The van der Waals surface area contributed by atoms with E-state index in [0.29, 0.717) is 36.1 Å². The summed E-state index contributed by atoms with van der Waals surface area (Å²) in [6.07, 6.45) is 0. The number of aryl methyl sites for hydroxylation is 1. The smallest absolute Gasteiger partial charge is 0.241 e. The molecule has 4 unspecified atom stereocenters. The summed E-state index contributed by atoms with van der Waals surface area (Å²) in [6.45, 7) is 12.2. The topological polar surface area (TPSA) is 58.2 Å². The van der Waals surface area contributed by atoms with Crippen molar-refractivity contribution in [3.05, 3.63) is 137 Å². The summed E-state index contributed by atoms with van der Waals surface area (Å²) in [7, 11) is -3.80. The van der Waals surface area contributed by atoms with Gasteiger partial charge >= 0.3 is 0 Å². The molecule has 1 aliphatic rings. The Hall–Kier alpha value is -3.25. The highest BCUT2D eigenvalue weighted by Gasteiger charge is 2.42. The van der Waals surface area contributed by atoms with Crippen molar-refractivity contribution in [3.63, 3.8) is 0 Å². The first kappa shape index (κ1) is 30.2. The molecule has 0 radical (unpaired) electrons. The van der Waals surface area contributed by atoms with Crippen LogP contribution in [0.15, 0.2) is 114 Å². The van der Waals surface area contributed by atoms with Gasteiger partial charge in [-0.3, -0.25) is 0 Å². The quantitative estimate of drug-likeness (QED) is 0.199. The molecule has 5 rings (SSSR count). The van der Waals surface area contributed by atoms with E-state index in [1.54, 1.807) is 12.1 Å². The normalized spacial score (nSPS) is 23.9. The van der Waals surface area contributed by atoms with Crippen molar-refractivity contribution < 1.29 is 8.42 Å². The van der Waals surface area contributed by atoms with Gasteiger partial charge < -0.3 is 5.32 Å². The molecule has 4 aromatic rings. The molecule has 1 saturated carbocycles. The van der Waals surface area contributed by atoms with Crippen LogP contribution in [0.4, 0.5) is 0 Å². The molecule has 1 aliphatic carbocycles. The van der Waals surface area contributed by atoms with E-state index in [1.807, 2.05) is 67.6 Å². The van der Waals surface area contributed by atoms with Crippen LogP contribution in [0.1, 0.15) is 73.5 Å². The number of hydrogen-bond donors (Lipinski definition) is 2. The van der Waals surface area contributed by atoms with Gasteiger partial charge in [0.25, 0.3) is 0 Å². The van der Waals surface area contributed by atoms with E-state index in [2.05, 4.69) is 74.1 Å². The highest BCUT2D eigenvalue weighted by Crippen LogP contribution is 2.51. The van der Waals surface area contributed by atoms with Gasteiger partial charge in [0.15, 0.2) is 0 Å². The molecule has 42 heavy (non-hydrogen) atoms. The first-order valence-electron chi connectivity index (χ1n) is 15.2. The van der Waals surface area contributed by atoms with Crippen molar-refractivity contribution in [1.29, 1.82) is 0 Å². The van der Waals surface area contributed by atoms with Crippen molar-refractivity contribution in [2.24, 2.45) is 23.7 Å². The first-order chi connectivity index (χ1) is 20.2. The lowest BCUT2D eigenvalue weighted by Crippen LogP contribution is -2.38. The number of hydrogen-bond acceptors (Lipinski definition) is 3. The van der Waals surface area contributed by atoms with Gasteiger partial charge in [0.05, 0.1) is 17.0 Å². The summed E-state index contributed by atoms with van der Waals surface area (Å²) >= 11 is 0. The van der Waals surface area contributed by atoms with Crippen LogP contribution < -0.4 is 10.0 Å². The predicted molar refractivity (Wildman–Crippen MR) is 173 cm³/mol. The second-order valence-corrected chi connectivity index (χ2v) is 14.0. The highest BCUT2D eigenvalue weighted by molar-refractivity contribution is 7.89. The zero-order valence-electron chi connectivity index (χ0n) is 25.4. The van der Waals surface area contributed by atoms with E-state index in [1.165, 1.54) is 11.1 Å². The summed E-state index contributed by atoms with van der Waals surface area (Å²) in [4.78, 5) is 0.263. The fourth-order valence-electron chi connectivity index (χ4n) is 6.93. The van der Waals surface area contributed by atoms with E-state index < -0.39 is 16.1 Å². The van der Waals surface area contributed by atoms with Crippen LogP contribution in [0.25, 0.3) is 0 Å². The summed E-state index contributed by atoms with van der Waals surface area (Å²) in [5, 5.41) is 3.82. The average molecular weight is 581 g/mol. The standard InChI is InChI=1S/C37H44N2O2S/c1-25-20-22-33(23-21-25)42(40,41)39-37(31-16-10-7-11-17-31)36(30-14-8-6-9-15-30)38-24-32-18-12-13-19-34(32)35-28(4)26(2)27(3)29(35)5/h6-23,26-29,35-39H,24H2,1-5H3/t26?,27?,28?,29?,35?,36-,37-/m1/s1. The highest BCUT2D eigenvalue weighted by atomic mass is 32.2. The van der Waals surface area contributed by atoms with Crippen molar-refractivity contribution in [1.82, 2.24) is 10.0 Å². The lowest BCUT2D eigenvalue weighted by atomic mass is 9.81. The Labute approximate surface area is 252 Å². The number of benzene rings is 4. The molecule has 4 aromatic carbocycles. The molecule has 4 nitrogen and oxygen atoms in total. The zero-order valence-corrected chi connectivity index (χ0v) is 26.2. The molecule has 0 aromatic heterocycles. The summed E-state index contributed by atoms with van der Waals surface area (Å²) in [5.41, 5.74) is 5.63. The molecule has 5 heteroatoms. The van der Waals surface area contributed by atoms with Gasteiger partial charge in [-0.15, -0.1) is 0 Å². The van der Waals surface area contributed by atoms with Crippen LogP contribution in [-0.2, 0) is 16.6 Å². The van der Waals surface area contributed by atoms with E-state index >= 15 is 0 Å². The van der Waals surface area contributed by atoms with Crippen LogP contribution in [0, 0.1) is 30.6 Å². The zero-order chi connectivity index (χ0) is 29.9. The maximum Gasteiger partial charge on any atom is 0.241 e. The van der Waals surface area contributed by atoms with Gasteiger partial charge in [0.2, 0.25) is 10.0 Å². The summed E-state index contributed by atoms with van der Waals surface area (Å²) in [6, 6.07) is 35.0. The van der Waals surface area contributed by atoms with Crippen LogP contribution in [0.2, 0.25) is 0 Å². The Morgan fingerprint density at radius 3 is 1.69 bits per heavy atom. The summed E-state index contributed by atoms with van der Waals surface area (Å²) < 4.78 is 30.6. The molecule has 0 amide bonds. The van der Waals surface area contributed by atoms with Gasteiger partial charge in [-0.2, -0.15) is 0 Å². The van der Waals surface area contributed by atoms with Crippen LogP contribution in [0.5, 0.6) is 0 Å². The van der Waals surface area contributed by atoms with Gasteiger partial charge in [-0.25, -0.2) is 13.1 Å². The molecule has 0 spiro atoms. The Kier molecular flexibility index (Phi) is 9.32. The van der Waals surface area contributed by atoms with E-state index in [9.17, 15) is 8.42 Å². The third-order valence-corrected chi connectivity index (χ3v) is 11.3. The largest absolute Gasteiger partial charge is 0.304 e. The second-order valence-electron chi connectivity index (χ2n) is 12.3. The van der Waals surface area contributed by atoms with E-state index in [-0.39, 0.29) is 10.9 Å². The average Bonchev–Trinajstić information content (AvgIpc) is 3.20. The molecular weight excluding hydrogens is 536 g/mol. The van der Waals surface area contributed by atoms with Gasteiger partial charge in [0, 0.05) is 6.54 Å². The fraction of sp³-hybridized carbons (Fsp3) is 0.351. The Morgan fingerprint density at radius 1 is 0.619 bits per heavy atom. The number of nitrogens with one attached hydrogen (secondary N) is 2. The fourth-order valence-corrected chi connectivity index (χ4v) is 8.16. The lowest BCUT2D eigenvalue weighted by Gasteiger charge is -2.31. The SMILES string of the molecule is Cc1ccc(S(=O)(=O)N[C@H](c2ccccc2)[C@H](NCc2ccccc2C2C(C)C(C)C(C)C2C)c2ccccc2)cc1. The van der Waals surface area contributed by atoms with E-state index in [0.717, 1.165) is 16.7 Å². The third-order valence-electron chi connectivity index (χ3n) is 9.81. The number of sulfonamides is 1. The van der Waals surface area contributed by atoms with Crippen molar-refractivity contribution in [2.75, 3.05) is 0 Å². The Morgan fingerprint density at radius 2 is 1.12 bits per heavy atom. The molecule has 0 bridgehead atoms. The molecule has 1 fully saturated rings. The van der Waals surface area contributed by atoms with Crippen LogP contribution in [0.3, 0.4) is 0 Å². The minimum Gasteiger partial charge on any atom is -0.304 e. The predicted octanol–water partition coefficient (Wildman–Crippen LogP) is 8.19. The second kappa shape index (κ2) is 12.9.